The Morgan fingerprint density at radius 1 is 1.36 bits per heavy atom. The first-order valence-corrected chi connectivity index (χ1v) is 7.40. The van der Waals surface area contributed by atoms with E-state index in [9.17, 15) is 4.79 Å². The van der Waals surface area contributed by atoms with Crippen LogP contribution in [0.25, 0.3) is 5.69 Å². The summed E-state index contributed by atoms with van der Waals surface area (Å²) in [4.78, 5) is 12.0. The third-order valence-corrected chi connectivity index (χ3v) is 3.73. The SMILES string of the molecule is Cl.O=C(Cc1ccc(-n2cccn2)cc1)NC1CCCNC1. The summed E-state index contributed by atoms with van der Waals surface area (Å²) in [5, 5.41) is 10.6. The Morgan fingerprint density at radius 3 is 2.82 bits per heavy atom. The molecule has 0 aliphatic carbocycles. The number of halogens is 1. The van der Waals surface area contributed by atoms with Crippen LogP contribution in [0.5, 0.6) is 0 Å². The number of benzene rings is 1. The molecule has 0 radical (unpaired) electrons. The van der Waals surface area contributed by atoms with E-state index < -0.39 is 0 Å². The molecule has 118 valence electrons. The highest BCUT2D eigenvalue weighted by Gasteiger charge is 2.15. The van der Waals surface area contributed by atoms with Crippen molar-refractivity contribution in [3.05, 3.63) is 48.3 Å². The molecule has 1 saturated heterocycles. The molecule has 3 rings (SSSR count). The lowest BCUT2D eigenvalue weighted by molar-refractivity contribution is -0.121. The van der Waals surface area contributed by atoms with Gasteiger partial charge in [-0.15, -0.1) is 12.4 Å². The maximum absolute atomic E-state index is 12.0. The van der Waals surface area contributed by atoms with E-state index in [0.717, 1.165) is 37.2 Å². The summed E-state index contributed by atoms with van der Waals surface area (Å²) in [7, 11) is 0. The highest BCUT2D eigenvalue weighted by Crippen LogP contribution is 2.09. The zero-order chi connectivity index (χ0) is 14.5. The van der Waals surface area contributed by atoms with Gasteiger partial charge in [-0.3, -0.25) is 4.79 Å². The minimum Gasteiger partial charge on any atom is -0.352 e. The predicted molar refractivity (Wildman–Crippen MR) is 88.6 cm³/mol. The molecule has 22 heavy (non-hydrogen) atoms. The van der Waals surface area contributed by atoms with Gasteiger partial charge in [-0.25, -0.2) is 4.68 Å². The first kappa shape index (κ1) is 16.5. The monoisotopic (exact) mass is 320 g/mol. The van der Waals surface area contributed by atoms with Crippen LogP contribution in [0.2, 0.25) is 0 Å². The van der Waals surface area contributed by atoms with Gasteiger partial charge in [0, 0.05) is 25.0 Å². The van der Waals surface area contributed by atoms with Crippen LogP contribution in [-0.4, -0.2) is 34.8 Å². The van der Waals surface area contributed by atoms with Crippen molar-refractivity contribution in [3.8, 4) is 5.69 Å². The van der Waals surface area contributed by atoms with Gasteiger partial charge >= 0.3 is 0 Å². The lowest BCUT2D eigenvalue weighted by Crippen LogP contribution is -2.46. The molecule has 1 amide bonds. The van der Waals surface area contributed by atoms with E-state index in [2.05, 4.69) is 15.7 Å². The number of nitrogens with one attached hydrogen (secondary N) is 2. The molecule has 0 spiro atoms. The van der Waals surface area contributed by atoms with Crippen LogP contribution in [-0.2, 0) is 11.2 Å². The van der Waals surface area contributed by atoms with Gasteiger partial charge in [-0.2, -0.15) is 5.10 Å². The minimum absolute atomic E-state index is 0. The van der Waals surface area contributed by atoms with Crippen molar-refractivity contribution in [1.29, 1.82) is 0 Å². The number of carbonyl (C=O) groups is 1. The maximum atomic E-state index is 12.0. The molecule has 2 aromatic rings. The van der Waals surface area contributed by atoms with Crippen LogP contribution in [0.15, 0.2) is 42.7 Å². The average Bonchev–Trinajstić information content (AvgIpc) is 3.03. The van der Waals surface area contributed by atoms with Crippen LogP contribution in [0, 0.1) is 0 Å². The summed E-state index contributed by atoms with van der Waals surface area (Å²) < 4.78 is 1.80. The Labute approximate surface area is 136 Å². The highest BCUT2D eigenvalue weighted by molar-refractivity contribution is 5.85. The molecule has 6 heteroatoms. The fourth-order valence-corrected chi connectivity index (χ4v) is 2.63. The molecular formula is C16H21ClN4O. The van der Waals surface area contributed by atoms with Gasteiger partial charge in [0.25, 0.3) is 0 Å². The van der Waals surface area contributed by atoms with E-state index in [1.54, 1.807) is 10.9 Å². The van der Waals surface area contributed by atoms with E-state index in [0.29, 0.717) is 6.42 Å². The molecule has 2 N–H and O–H groups in total. The Balaban J connectivity index is 0.00000176. The van der Waals surface area contributed by atoms with Gasteiger partial charge in [0.2, 0.25) is 5.91 Å². The molecule has 0 bridgehead atoms. The third kappa shape index (κ3) is 4.32. The Kier molecular flexibility index (Phi) is 5.98. The van der Waals surface area contributed by atoms with E-state index in [-0.39, 0.29) is 24.4 Å². The zero-order valence-corrected chi connectivity index (χ0v) is 13.2. The Morgan fingerprint density at radius 2 is 2.18 bits per heavy atom. The van der Waals surface area contributed by atoms with Gasteiger partial charge in [-0.1, -0.05) is 12.1 Å². The summed E-state index contributed by atoms with van der Waals surface area (Å²) in [6, 6.07) is 10.1. The fourth-order valence-electron chi connectivity index (χ4n) is 2.63. The van der Waals surface area contributed by atoms with E-state index in [1.807, 2.05) is 36.5 Å². The van der Waals surface area contributed by atoms with Crippen LogP contribution in [0.1, 0.15) is 18.4 Å². The highest BCUT2D eigenvalue weighted by atomic mass is 35.5. The van der Waals surface area contributed by atoms with Gasteiger partial charge < -0.3 is 10.6 Å². The number of piperidine rings is 1. The molecule has 1 aromatic heterocycles. The molecule has 1 aliphatic rings. The third-order valence-electron chi connectivity index (χ3n) is 3.73. The number of carbonyl (C=O) groups excluding carboxylic acids is 1. The second-order valence-corrected chi connectivity index (χ2v) is 5.40. The van der Waals surface area contributed by atoms with Gasteiger partial charge in [0.05, 0.1) is 12.1 Å². The average molecular weight is 321 g/mol. The minimum atomic E-state index is 0. The lowest BCUT2D eigenvalue weighted by Gasteiger charge is -2.23. The van der Waals surface area contributed by atoms with E-state index >= 15 is 0 Å². The van der Waals surface area contributed by atoms with Crippen molar-refractivity contribution in [2.45, 2.75) is 25.3 Å². The van der Waals surface area contributed by atoms with Crippen molar-refractivity contribution in [3.63, 3.8) is 0 Å². The van der Waals surface area contributed by atoms with E-state index in [1.165, 1.54) is 0 Å². The number of nitrogens with zero attached hydrogens (tertiary/aromatic N) is 2. The van der Waals surface area contributed by atoms with Crippen LogP contribution < -0.4 is 10.6 Å². The topological polar surface area (TPSA) is 59.0 Å². The maximum Gasteiger partial charge on any atom is 0.224 e. The smallest absolute Gasteiger partial charge is 0.224 e. The van der Waals surface area contributed by atoms with Gasteiger partial charge in [-0.05, 0) is 43.1 Å². The zero-order valence-electron chi connectivity index (χ0n) is 12.4. The first-order valence-electron chi connectivity index (χ1n) is 7.40. The van der Waals surface area contributed by atoms with Crippen LogP contribution in [0.4, 0.5) is 0 Å². The lowest BCUT2D eigenvalue weighted by atomic mass is 10.1. The van der Waals surface area contributed by atoms with Crippen molar-refractivity contribution < 1.29 is 4.79 Å². The summed E-state index contributed by atoms with van der Waals surface area (Å²) in [5.41, 5.74) is 2.02. The number of rotatable bonds is 4. The fraction of sp³-hybridized carbons (Fsp3) is 0.375. The summed E-state index contributed by atoms with van der Waals surface area (Å²) in [5.74, 6) is 0.0931. The standard InChI is InChI=1S/C16H20N4O.ClH/c21-16(19-14-3-1-8-17-12-14)11-13-4-6-15(7-5-13)20-10-2-9-18-20;/h2,4-7,9-10,14,17H,1,3,8,11-12H2,(H,19,21);1H. The number of amides is 1. The second-order valence-electron chi connectivity index (χ2n) is 5.40. The van der Waals surface area contributed by atoms with Gasteiger partial charge in [0.1, 0.15) is 0 Å². The number of aromatic nitrogens is 2. The van der Waals surface area contributed by atoms with Crippen LogP contribution in [0.3, 0.4) is 0 Å². The molecular weight excluding hydrogens is 300 g/mol. The summed E-state index contributed by atoms with van der Waals surface area (Å²) >= 11 is 0. The van der Waals surface area contributed by atoms with Gasteiger partial charge in [0.15, 0.2) is 0 Å². The molecule has 1 unspecified atom stereocenters. The normalized spacial score (nSPS) is 17.5. The molecule has 1 aliphatic heterocycles. The molecule has 2 heterocycles. The first-order chi connectivity index (χ1) is 10.3. The number of hydrogen-bond acceptors (Lipinski definition) is 3. The number of hydrogen-bond donors (Lipinski definition) is 2. The largest absolute Gasteiger partial charge is 0.352 e. The quantitative estimate of drug-likeness (QED) is 0.901. The molecule has 0 saturated carbocycles. The Bertz CT molecular complexity index is 577. The molecule has 5 nitrogen and oxygen atoms in total. The summed E-state index contributed by atoms with van der Waals surface area (Å²) in [6.07, 6.45) is 6.27. The molecule has 1 aromatic carbocycles. The van der Waals surface area contributed by atoms with Crippen molar-refractivity contribution in [2.75, 3.05) is 13.1 Å². The van der Waals surface area contributed by atoms with Crippen molar-refractivity contribution in [2.24, 2.45) is 0 Å². The van der Waals surface area contributed by atoms with Crippen molar-refractivity contribution in [1.82, 2.24) is 20.4 Å². The van der Waals surface area contributed by atoms with Crippen molar-refractivity contribution >= 4 is 18.3 Å². The molecule has 1 fully saturated rings. The second kappa shape index (κ2) is 7.96. The summed E-state index contributed by atoms with van der Waals surface area (Å²) in [6.45, 7) is 1.94. The van der Waals surface area contributed by atoms with Crippen LogP contribution >= 0.6 is 12.4 Å². The predicted octanol–water partition coefficient (Wildman–Crippen LogP) is 1.70. The van der Waals surface area contributed by atoms with E-state index in [4.69, 9.17) is 0 Å². The Hall–Kier alpha value is -1.85. The molecule has 1 atom stereocenters.